The molecule has 0 radical (unpaired) electrons. The van der Waals surface area contributed by atoms with Crippen LogP contribution in [0, 0.1) is 0 Å². The van der Waals surface area contributed by atoms with Gasteiger partial charge in [-0.15, -0.1) is 0 Å². The second-order valence-electron chi connectivity index (χ2n) is 8.20. The van der Waals surface area contributed by atoms with Gasteiger partial charge in [-0.25, -0.2) is 0 Å². The zero-order valence-corrected chi connectivity index (χ0v) is 18.0. The molecular weight excluding hydrogens is 376 g/mol. The normalized spacial score (nSPS) is 18.3. The minimum atomic E-state index is 0.00713. The minimum Gasteiger partial charge on any atom is -0.485 e. The van der Waals surface area contributed by atoms with Gasteiger partial charge < -0.3 is 19.9 Å². The maximum absolute atomic E-state index is 12.7. The number of para-hydroxylation sites is 4. The Morgan fingerprint density at radius 3 is 2.57 bits per heavy atom. The van der Waals surface area contributed by atoms with Gasteiger partial charge in [-0.3, -0.25) is 9.69 Å². The van der Waals surface area contributed by atoms with Crippen molar-refractivity contribution >= 4 is 23.0 Å². The SMILES string of the molecule is CCN1CC(CN(C)CC(=O)Nc2ccccc2N2CCCC2)Oc2ccccc21. The van der Waals surface area contributed by atoms with Crippen molar-refractivity contribution in [3.8, 4) is 5.75 Å². The maximum atomic E-state index is 12.7. The van der Waals surface area contributed by atoms with Gasteiger partial charge in [0, 0.05) is 26.2 Å². The predicted octanol–water partition coefficient (Wildman–Crippen LogP) is 3.44. The van der Waals surface area contributed by atoms with Crippen molar-refractivity contribution in [2.75, 3.05) is 61.4 Å². The van der Waals surface area contributed by atoms with E-state index < -0.39 is 0 Å². The van der Waals surface area contributed by atoms with Crippen LogP contribution in [0.5, 0.6) is 5.75 Å². The van der Waals surface area contributed by atoms with Crippen LogP contribution in [0.25, 0.3) is 0 Å². The molecular formula is C24H32N4O2. The Kier molecular flexibility index (Phi) is 6.43. The van der Waals surface area contributed by atoms with E-state index in [1.165, 1.54) is 12.8 Å². The van der Waals surface area contributed by atoms with E-state index in [9.17, 15) is 4.79 Å². The number of hydrogen-bond donors (Lipinski definition) is 1. The topological polar surface area (TPSA) is 48.0 Å². The first-order valence-corrected chi connectivity index (χ1v) is 11.0. The molecule has 0 bridgehead atoms. The molecule has 2 aliphatic heterocycles. The summed E-state index contributed by atoms with van der Waals surface area (Å²) in [6.45, 7) is 7.08. The lowest BCUT2D eigenvalue weighted by atomic mass is 10.2. The molecule has 1 amide bonds. The lowest BCUT2D eigenvalue weighted by molar-refractivity contribution is -0.117. The number of hydrogen-bond acceptors (Lipinski definition) is 5. The van der Waals surface area contributed by atoms with Crippen molar-refractivity contribution in [3.63, 3.8) is 0 Å². The first-order chi connectivity index (χ1) is 14.6. The number of nitrogens with zero attached hydrogens (tertiary/aromatic N) is 3. The highest BCUT2D eigenvalue weighted by Crippen LogP contribution is 2.33. The van der Waals surface area contributed by atoms with Gasteiger partial charge in [-0.2, -0.15) is 0 Å². The van der Waals surface area contributed by atoms with Crippen molar-refractivity contribution in [1.82, 2.24) is 4.90 Å². The summed E-state index contributed by atoms with van der Waals surface area (Å²) in [5.41, 5.74) is 3.17. The molecule has 6 heteroatoms. The molecule has 0 aromatic heterocycles. The van der Waals surface area contributed by atoms with E-state index in [4.69, 9.17) is 4.74 Å². The van der Waals surface area contributed by atoms with Gasteiger partial charge in [0.25, 0.3) is 0 Å². The first kappa shape index (κ1) is 20.5. The summed E-state index contributed by atoms with van der Waals surface area (Å²) < 4.78 is 6.20. The molecule has 6 nitrogen and oxygen atoms in total. The Morgan fingerprint density at radius 2 is 1.80 bits per heavy atom. The third kappa shape index (κ3) is 4.70. The number of carbonyl (C=O) groups is 1. The van der Waals surface area contributed by atoms with Gasteiger partial charge in [0.05, 0.1) is 30.2 Å². The van der Waals surface area contributed by atoms with Crippen molar-refractivity contribution in [2.24, 2.45) is 0 Å². The van der Waals surface area contributed by atoms with Crippen LogP contribution in [-0.2, 0) is 4.79 Å². The van der Waals surface area contributed by atoms with Gasteiger partial charge in [0.2, 0.25) is 5.91 Å². The summed E-state index contributed by atoms with van der Waals surface area (Å²) in [5.74, 6) is 0.931. The van der Waals surface area contributed by atoms with E-state index in [-0.39, 0.29) is 12.0 Å². The molecule has 1 fully saturated rings. The van der Waals surface area contributed by atoms with E-state index in [1.54, 1.807) is 0 Å². The van der Waals surface area contributed by atoms with Crippen molar-refractivity contribution in [2.45, 2.75) is 25.9 Å². The van der Waals surface area contributed by atoms with Crippen molar-refractivity contribution in [3.05, 3.63) is 48.5 Å². The summed E-state index contributed by atoms with van der Waals surface area (Å²) in [7, 11) is 1.98. The third-order valence-corrected chi connectivity index (χ3v) is 5.86. The van der Waals surface area contributed by atoms with Crippen LogP contribution in [0.4, 0.5) is 17.1 Å². The van der Waals surface area contributed by atoms with E-state index >= 15 is 0 Å². The van der Waals surface area contributed by atoms with Crippen LogP contribution in [0.2, 0.25) is 0 Å². The Hall–Kier alpha value is -2.73. The molecule has 0 aliphatic carbocycles. The number of likely N-dealkylation sites (N-methyl/N-ethyl adjacent to an activating group) is 2. The van der Waals surface area contributed by atoms with Crippen LogP contribution < -0.4 is 19.9 Å². The third-order valence-electron chi connectivity index (χ3n) is 5.86. The lowest BCUT2D eigenvalue weighted by Crippen LogP contribution is -2.46. The van der Waals surface area contributed by atoms with Crippen LogP contribution >= 0.6 is 0 Å². The smallest absolute Gasteiger partial charge is 0.238 e. The highest BCUT2D eigenvalue weighted by molar-refractivity contribution is 5.95. The maximum Gasteiger partial charge on any atom is 0.238 e. The zero-order valence-electron chi connectivity index (χ0n) is 18.0. The highest BCUT2D eigenvalue weighted by atomic mass is 16.5. The van der Waals surface area contributed by atoms with Crippen LogP contribution in [0.1, 0.15) is 19.8 Å². The fourth-order valence-electron chi connectivity index (χ4n) is 4.43. The molecule has 30 heavy (non-hydrogen) atoms. The van der Waals surface area contributed by atoms with E-state index in [1.807, 2.05) is 48.3 Å². The molecule has 1 saturated heterocycles. The monoisotopic (exact) mass is 408 g/mol. The molecule has 0 spiro atoms. The largest absolute Gasteiger partial charge is 0.485 e. The quantitative estimate of drug-likeness (QED) is 0.761. The molecule has 2 aromatic rings. The molecule has 1 atom stereocenters. The van der Waals surface area contributed by atoms with Gasteiger partial charge in [-0.05, 0) is 51.1 Å². The number of fused-ring (bicyclic) bond motifs is 1. The number of ether oxygens (including phenoxy) is 1. The minimum absolute atomic E-state index is 0.00713. The predicted molar refractivity (Wildman–Crippen MR) is 123 cm³/mol. The molecule has 1 N–H and O–H groups in total. The lowest BCUT2D eigenvalue weighted by Gasteiger charge is -2.37. The van der Waals surface area contributed by atoms with Crippen molar-refractivity contribution in [1.29, 1.82) is 0 Å². The van der Waals surface area contributed by atoms with Crippen LogP contribution in [-0.4, -0.2) is 63.2 Å². The van der Waals surface area contributed by atoms with Gasteiger partial charge in [-0.1, -0.05) is 24.3 Å². The Labute approximate surface area is 179 Å². The van der Waals surface area contributed by atoms with E-state index in [0.29, 0.717) is 13.1 Å². The molecule has 0 saturated carbocycles. The Morgan fingerprint density at radius 1 is 1.10 bits per heavy atom. The van der Waals surface area contributed by atoms with Gasteiger partial charge in [0.15, 0.2) is 0 Å². The Bertz CT molecular complexity index is 866. The van der Waals surface area contributed by atoms with E-state index in [0.717, 1.165) is 49.0 Å². The number of benzene rings is 2. The molecule has 2 aromatic carbocycles. The number of carbonyl (C=O) groups excluding carboxylic acids is 1. The number of anilines is 3. The second-order valence-corrected chi connectivity index (χ2v) is 8.20. The highest BCUT2D eigenvalue weighted by Gasteiger charge is 2.26. The number of nitrogens with one attached hydrogen (secondary N) is 1. The summed E-state index contributed by atoms with van der Waals surface area (Å²) >= 11 is 0. The number of rotatable bonds is 7. The van der Waals surface area contributed by atoms with E-state index in [2.05, 4.69) is 34.2 Å². The summed E-state index contributed by atoms with van der Waals surface area (Å²) in [6, 6.07) is 16.3. The fourth-order valence-corrected chi connectivity index (χ4v) is 4.43. The average molecular weight is 409 g/mol. The zero-order chi connectivity index (χ0) is 20.9. The van der Waals surface area contributed by atoms with Gasteiger partial charge in [0.1, 0.15) is 11.9 Å². The fraction of sp³-hybridized carbons (Fsp3) is 0.458. The van der Waals surface area contributed by atoms with Crippen molar-refractivity contribution < 1.29 is 9.53 Å². The van der Waals surface area contributed by atoms with Crippen LogP contribution in [0.15, 0.2) is 48.5 Å². The molecule has 1 unspecified atom stereocenters. The van der Waals surface area contributed by atoms with Gasteiger partial charge >= 0.3 is 0 Å². The molecule has 4 rings (SSSR count). The summed E-state index contributed by atoms with van der Waals surface area (Å²) in [5, 5.41) is 3.12. The molecule has 2 heterocycles. The molecule has 2 aliphatic rings. The number of amides is 1. The average Bonchev–Trinajstić information content (AvgIpc) is 3.28. The first-order valence-electron chi connectivity index (χ1n) is 11.0. The second kappa shape index (κ2) is 9.39. The van der Waals surface area contributed by atoms with Crippen LogP contribution in [0.3, 0.4) is 0 Å². The summed E-state index contributed by atoms with van der Waals surface area (Å²) in [6.07, 6.45) is 2.46. The standard InChI is InChI=1S/C24H32N4O2/c1-3-27-17-19(30-23-13-7-6-12-22(23)27)16-26(2)18-24(29)25-20-10-4-5-11-21(20)28-14-8-9-15-28/h4-7,10-13,19H,3,8-9,14-18H2,1-2H3,(H,25,29). The molecule has 160 valence electrons. The Balaban J connectivity index is 1.34. The summed E-state index contributed by atoms with van der Waals surface area (Å²) in [4.78, 5) is 19.5.